The van der Waals surface area contributed by atoms with E-state index in [1.54, 1.807) is 0 Å². The monoisotopic (exact) mass is 360 g/mol. The molecule has 0 radical (unpaired) electrons. The highest BCUT2D eigenvalue weighted by atomic mass is 16.5. The van der Waals surface area contributed by atoms with E-state index in [1.807, 2.05) is 24.3 Å². The summed E-state index contributed by atoms with van der Waals surface area (Å²) in [5, 5.41) is 0. The van der Waals surface area contributed by atoms with Gasteiger partial charge in [0.15, 0.2) is 0 Å². The van der Waals surface area contributed by atoms with Crippen molar-refractivity contribution in [1.82, 2.24) is 9.80 Å². The Hall–Kier alpha value is -1.26. The fourth-order valence-corrected chi connectivity index (χ4v) is 3.95. The van der Waals surface area contributed by atoms with Gasteiger partial charge in [0.25, 0.3) is 0 Å². The number of hydrogen-bond acceptors (Lipinski definition) is 4. The number of piperidine rings is 2. The van der Waals surface area contributed by atoms with Crippen LogP contribution in [-0.2, 0) is 0 Å². The summed E-state index contributed by atoms with van der Waals surface area (Å²) in [6.07, 6.45) is 10.5. The molecule has 0 N–H and O–H groups in total. The van der Waals surface area contributed by atoms with Gasteiger partial charge in [0.05, 0.1) is 13.2 Å². The van der Waals surface area contributed by atoms with Crippen LogP contribution in [0.25, 0.3) is 0 Å². The number of nitrogens with zero attached hydrogens (tertiary/aromatic N) is 2. The van der Waals surface area contributed by atoms with Crippen LogP contribution in [-0.4, -0.2) is 62.3 Å². The summed E-state index contributed by atoms with van der Waals surface area (Å²) in [6, 6.07) is 8.11. The molecule has 0 aliphatic carbocycles. The lowest BCUT2D eigenvalue weighted by Gasteiger charge is -2.26. The highest BCUT2D eigenvalue weighted by molar-refractivity contribution is 5.31. The van der Waals surface area contributed by atoms with E-state index in [-0.39, 0.29) is 0 Å². The average molecular weight is 361 g/mol. The van der Waals surface area contributed by atoms with Crippen LogP contribution in [0, 0.1) is 0 Å². The van der Waals surface area contributed by atoms with Crippen LogP contribution in [0.2, 0.25) is 0 Å². The van der Waals surface area contributed by atoms with E-state index >= 15 is 0 Å². The first kappa shape index (κ1) is 19.5. The molecular formula is C22H36N2O2. The summed E-state index contributed by atoms with van der Waals surface area (Å²) in [4.78, 5) is 5.13. The second-order valence-electron chi connectivity index (χ2n) is 7.68. The summed E-state index contributed by atoms with van der Waals surface area (Å²) < 4.78 is 11.7. The fraction of sp³-hybridized carbons (Fsp3) is 0.727. The molecule has 0 atom stereocenters. The van der Waals surface area contributed by atoms with Gasteiger partial charge in [0, 0.05) is 13.1 Å². The van der Waals surface area contributed by atoms with Gasteiger partial charge >= 0.3 is 0 Å². The van der Waals surface area contributed by atoms with Gasteiger partial charge in [0.2, 0.25) is 0 Å². The standard InChI is InChI=1S/C22H36N2O2/c1-3-13-23(14-4-1)17-7-19-25-21-9-11-22(12-10-21)26-20-8-18-24-15-5-2-6-16-24/h9-12H,1-8,13-20H2. The Kier molecular flexibility index (Phi) is 8.59. The number of rotatable bonds is 10. The summed E-state index contributed by atoms with van der Waals surface area (Å²) in [5.41, 5.74) is 0. The molecule has 2 saturated heterocycles. The second kappa shape index (κ2) is 11.5. The molecule has 3 rings (SSSR count). The molecule has 0 unspecified atom stereocenters. The van der Waals surface area contributed by atoms with Gasteiger partial charge in [-0.2, -0.15) is 0 Å². The number of benzene rings is 1. The summed E-state index contributed by atoms with van der Waals surface area (Å²) in [7, 11) is 0. The van der Waals surface area contributed by atoms with Gasteiger partial charge in [-0.15, -0.1) is 0 Å². The smallest absolute Gasteiger partial charge is 0.119 e. The zero-order valence-electron chi connectivity index (χ0n) is 16.3. The zero-order chi connectivity index (χ0) is 17.9. The van der Waals surface area contributed by atoms with Crippen molar-refractivity contribution in [3.05, 3.63) is 24.3 Å². The maximum atomic E-state index is 5.87. The highest BCUT2D eigenvalue weighted by Gasteiger charge is 2.10. The molecule has 4 heteroatoms. The Balaban J connectivity index is 1.24. The molecular weight excluding hydrogens is 324 g/mol. The predicted molar refractivity (Wildman–Crippen MR) is 107 cm³/mol. The van der Waals surface area contributed by atoms with Crippen LogP contribution in [0.1, 0.15) is 51.4 Å². The van der Waals surface area contributed by atoms with Gasteiger partial charge in [-0.25, -0.2) is 0 Å². The summed E-state index contributed by atoms with van der Waals surface area (Å²) in [5.74, 6) is 1.90. The molecule has 2 aliphatic heterocycles. The van der Waals surface area contributed by atoms with Crippen LogP contribution < -0.4 is 9.47 Å². The van der Waals surface area contributed by atoms with Crippen molar-refractivity contribution < 1.29 is 9.47 Å². The zero-order valence-corrected chi connectivity index (χ0v) is 16.3. The van der Waals surface area contributed by atoms with Crippen molar-refractivity contribution in [2.45, 2.75) is 51.4 Å². The van der Waals surface area contributed by atoms with E-state index in [0.717, 1.165) is 50.6 Å². The third-order valence-corrected chi connectivity index (χ3v) is 5.50. The lowest BCUT2D eigenvalue weighted by Crippen LogP contribution is -2.31. The highest BCUT2D eigenvalue weighted by Crippen LogP contribution is 2.18. The average Bonchev–Trinajstić information content (AvgIpc) is 2.71. The molecule has 1 aromatic rings. The van der Waals surface area contributed by atoms with Gasteiger partial charge < -0.3 is 19.3 Å². The number of ether oxygens (including phenoxy) is 2. The first-order valence-corrected chi connectivity index (χ1v) is 10.7. The molecule has 26 heavy (non-hydrogen) atoms. The Morgan fingerprint density at radius 1 is 0.577 bits per heavy atom. The molecule has 2 fully saturated rings. The fourth-order valence-electron chi connectivity index (χ4n) is 3.95. The molecule has 146 valence electrons. The van der Waals surface area contributed by atoms with Crippen molar-refractivity contribution in [3.8, 4) is 11.5 Å². The molecule has 1 aromatic carbocycles. The Labute approximate surface area is 159 Å². The van der Waals surface area contributed by atoms with E-state index in [9.17, 15) is 0 Å². The lowest BCUT2D eigenvalue weighted by molar-refractivity contribution is 0.203. The van der Waals surface area contributed by atoms with Crippen molar-refractivity contribution in [3.63, 3.8) is 0 Å². The van der Waals surface area contributed by atoms with E-state index in [2.05, 4.69) is 9.80 Å². The largest absolute Gasteiger partial charge is 0.494 e. The molecule has 0 saturated carbocycles. The van der Waals surface area contributed by atoms with Crippen LogP contribution in [0.4, 0.5) is 0 Å². The van der Waals surface area contributed by atoms with Crippen molar-refractivity contribution in [1.29, 1.82) is 0 Å². The van der Waals surface area contributed by atoms with Crippen LogP contribution in [0.3, 0.4) is 0 Å². The van der Waals surface area contributed by atoms with Gasteiger partial charge in [-0.3, -0.25) is 0 Å². The quantitative estimate of drug-likeness (QED) is 0.584. The Morgan fingerprint density at radius 3 is 1.35 bits per heavy atom. The normalized spacial score (nSPS) is 19.4. The molecule has 2 heterocycles. The summed E-state index contributed by atoms with van der Waals surface area (Å²) >= 11 is 0. The molecule has 0 bridgehead atoms. The maximum absolute atomic E-state index is 5.87. The van der Waals surface area contributed by atoms with E-state index in [4.69, 9.17) is 9.47 Å². The van der Waals surface area contributed by atoms with E-state index in [1.165, 1.54) is 64.7 Å². The molecule has 2 aliphatic rings. The van der Waals surface area contributed by atoms with E-state index < -0.39 is 0 Å². The predicted octanol–water partition coefficient (Wildman–Crippen LogP) is 4.20. The number of likely N-dealkylation sites (tertiary alicyclic amines) is 2. The Bertz CT molecular complexity index is 434. The van der Waals surface area contributed by atoms with Gasteiger partial charge in [-0.1, -0.05) is 12.8 Å². The first-order chi connectivity index (χ1) is 12.9. The van der Waals surface area contributed by atoms with Crippen molar-refractivity contribution in [2.24, 2.45) is 0 Å². The van der Waals surface area contributed by atoms with Crippen molar-refractivity contribution >= 4 is 0 Å². The third kappa shape index (κ3) is 7.16. The van der Waals surface area contributed by atoms with Crippen LogP contribution in [0.5, 0.6) is 11.5 Å². The van der Waals surface area contributed by atoms with Gasteiger partial charge in [0.1, 0.15) is 11.5 Å². The molecule has 4 nitrogen and oxygen atoms in total. The molecule has 0 spiro atoms. The Morgan fingerprint density at radius 2 is 0.962 bits per heavy atom. The summed E-state index contributed by atoms with van der Waals surface area (Å²) in [6.45, 7) is 9.00. The van der Waals surface area contributed by atoms with Crippen LogP contribution in [0.15, 0.2) is 24.3 Å². The van der Waals surface area contributed by atoms with Gasteiger partial charge in [-0.05, 0) is 89.0 Å². The van der Waals surface area contributed by atoms with Crippen molar-refractivity contribution in [2.75, 3.05) is 52.5 Å². The number of hydrogen-bond donors (Lipinski definition) is 0. The molecule has 0 amide bonds. The first-order valence-electron chi connectivity index (χ1n) is 10.7. The minimum atomic E-state index is 0.798. The topological polar surface area (TPSA) is 24.9 Å². The van der Waals surface area contributed by atoms with Crippen LogP contribution >= 0.6 is 0 Å². The SMILES string of the molecule is c1cc(OCCCN2CCCCC2)ccc1OCCCN1CCCCC1. The maximum Gasteiger partial charge on any atom is 0.119 e. The minimum Gasteiger partial charge on any atom is -0.494 e. The molecule has 0 aromatic heterocycles. The lowest BCUT2D eigenvalue weighted by atomic mass is 10.1. The second-order valence-corrected chi connectivity index (χ2v) is 7.68. The minimum absolute atomic E-state index is 0.798. The van der Waals surface area contributed by atoms with E-state index in [0.29, 0.717) is 0 Å². The third-order valence-electron chi connectivity index (χ3n) is 5.50.